The van der Waals surface area contributed by atoms with Crippen LogP contribution in [0.25, 0.3) is 0 Å². The number of carbonyl (C=O) groups is 2. The molecule has 2 aromatic carbocycles. The fourth-order valence-corrected chi connectivity index (χ4v) is 3.52. The minimum absolute atomic E-state index is 0.0683. The van der Waals surface area contributed by atoms with Crippen LogP contribution >= 0.6 is 0 Å². The van der Waals surface area contributed by atoms with Gasteiger partial charge in [-0.2, -0.15) is 0 Å². The van der Waals surface area contributed by atoms with Gasteiger partial charge >= 0.3 is 0 Å². The normalized spacial score (nSPS) is 15.0. The highest BCUT2D eigenvalue weighted by Crippen LogP contribution is 2.26. The van der Waals surface area contributed by atoms with Crippen LogP contribution in [0, 0.1) is 12.7 Å². The third-order valence-corrected chi connectivity index (χ3v) is 5.30. The summed E-state index contributed by atoms with van der Waals surface area (Å²) >= 11 is 0. The highest BCUT2D eigenvalue weighted by molar-refractivity contribution is 5.96. The summed E-state index contributed by atoms with van der Waals surface area (Å²) in [5.41, 5.74) is 1.51. The van der Waals surface area contributed by atoms with Crippen LogP contribution in [0.1, 0.15) is 35.3 Å². The first kappa shape index (κ1) is 19.1. The molecule has 1 heterocycles. The smallest absolute Gasteiger partial charge is 0.254 e. The van der Waals surface area contributed by atoms with Crippen molar-refractivity contribution in [3.8, 4) is 0 Å². The molecule has 4 nitrogen and oxygen atoms in total. The van der Waals surface area contributed by atoms with E-state index < -0.39 is 5.41 Å². The Balaban J connectivity index is 1.66. The molecule has 27 heavy (non-hydrogen) atoms. The number of halogens is 1. The van der Waals surface area contributed by atoms with Crippen LogP contribution in [0.15, 0.2) is 48.5 Å². The standard InChI is InChI=1S/C22H25FN2O2/c1-16-15-18(23)9-10-19(16)20(26)24-11-13-25(14-12-24)21(27)22(2,3)17-7-5-4-6-8-17/h4-10,15H,11-14H2,1-3H3. The molecule has 5 heteroatoms. The third kappa shape index (κ3) is 3.87. The average Bonchev–Trinajstić information content (AvgIpc) is 2.68. The van der Waals surface area contributed by atoms with E-state index in [1.807, 2.05) is 49.1 Å². The maximum Gasteiger partial charge on any atom is 0.254 e. The van der Waals surface area contributed by atoms with Crippen LogP contribution in [0.2, 0.25) is 0 Å². The SMILES string of the molecule is Cc1cc(F)ccc1C(=O)N1CCN(C(=O)C(C)(C)c2ccccc2)CC1. The van der Waals surface area contributed by atoms with Gasteiger partial charge in [-0.3, -0.25) is 9.59 Å². The van der Waals surface area contributed by atoms with Gasteiger partial charge in [-0.1, -0.05) is 30.3 Å². The summed E-state index contributed by atoms with van der Waals surface area (Å²) in [6, 6.07) is 14.0. The second-order valence-corrected chi connectivity index (χ2v) is 7.53. The van der Waals surface area contributed by atoms with Gasteiger partial charge in [-0.05, 0) is 50.1 Å². The number of amides is 2. The van der Waals surface area contributed by atoms with E-state index in [9.17, 15) is 14.0 Å². The zero-order chi connectivity index (χ0) is 19.6. The Bertz CT molecular complexity index is 841. The Kier molecular flexibility index (Phi) is 5.31. The van der Waals surface area contributed by atoms with Crippen molar-refractivity contribution in [1.29, 1.82) is 0 Å². The number of nitrogens with zero attached hydrogens (tertiary/aromatic N) is 2. The van der Waals surface area contributed by atoms with Gasteiger partial charge in [-0.15, -0.1) is 0 Å². The predicted molar refractivity (Wildman–Crippen MR) is 103 cm³/mol. The lowest BCUT2D eigenvalue weighted by Crippen LogP contribution is -2.54. The van der Waals surface area contributed by atoms with E-state index in [-0.39, 0.29) is 17.6 Å². The summed E-state index contributed by atoms with van der Waals surface area (Å²) in [6.45, 7) is 7.56. The maximum atomic E-state index is 13.3. The van der Waals surface area contributed by atoms with Gasteiger partial charge < -0.3 is 9.80 Å². The van der Waals surface area contributed by atoms with Gasteiger partial charge in [0.15, 0.2) is 0 Å². The molecule has 0 radical (unpaired) electrons. The highest BCUT2D eigenvalue weighted by atomic mass is 19.1. The van der Waals surface area contributed by atoms with Crippen LogP contribution in [0.4, 0.5) is 4.39 Å². The molecule has 0 aliphatic carbocycles. The number of aryl methyl sites for hydroxylation is 1. The van der Waals surface area contributed by atoms with Crippen molar-refractivity contribution in [2.24, 2.45) is 0 Å². The molecule has 2 aromatic rings. The third-order valence-electron chi connectivity index (χ3n) is 5.30. The molecule has 0 N–H and O–H groups in total. The topological polar surface area (TPSA) is 40.6 Å². The number of rotatable bonds is 3. The highest BCUT2D eigenvalue weighted by Gasteiger charge is 2.35. The Morgan fingerprint density at radius 3 is 2.11 bits per heavy atom. The van der Waals surface area contributed by atoms with E-state index in [1.165, 1.54) is 18.2 Å². The van der Waals surface area contributed by atoms with Crippen LogP contribution in [0.3, 0.4) is 0 Å². The fourth-order valence-electron chi connectivity index (χ4n) is 3.52. The molecule has 1 saturated heterocycles. The number of hydrogen-bond donors (Lipinski definition) is 0. The lowest BCUT2D eigenvalue weighted by Gasteiger charge is -2.39. The molecule has 1 fully saturated rings. The molecule has 0 atom stereocenters. The van der Waals surface area contributed by atoms with Crippen molar-refractivity contribution >= 4 is 11.8 Å². The first-order valence-corrected chi connectivity index (χ1v) is 9.21. The minimum Gasteiger partial charge on any atom is -0.338 e. The van der Waals surface area contributed by atoms with E-state index in [0.717, 1.165) is 5.56 Å². The second kappa shape index (κ2) is 7.51. The predicted octanol–water partition coefficient (Wildman–Crippen LogP) is 3.40. The molecule has 1 aliphatic heterocycles. The van der Waals surface area contributed by atoms with E-state index in [0.29, 0.717) is 37.3 Å². The van der Waals surface area contributed by atoms with Gasteiger partial charge in [0.2, 0.25) is 5.91 Å². The fraction of sp³-hybridized carbons (Fsp3) is 0.364. The van der Waals surface area contributed by atoms with Crippen molar-refractivity contribution in [2.45, 2.75) is 26.2 Å². The van der Waals surface area contributed by atoms with Crippen molar-refractivity contribution in [1.82, 2.24) is 9.80 Å². The molecule has 0 spiro atoms. The van der Waals surface area contributed by atoms with Crippen LogP contribution in [0.5, 0.6) is 0 Å². The van der Waals surface area contributed by atoms with Gasteiger partial charge in [0, 0.05) is 31.7 Å². The van der Waals surface area contributed by atoms with Gasteiger partial charge in [0.05, 0.1) is 5.41 Å². The van der Waals surface area contributed by atoms with Crippen molar-refractivity contribution in [3.63, 3.8) is 0 Å². The summed E-state index contributed by atoms with van der Waals surface area (Å²) in [5, 5.41) is 0. The van der Waals surface area contributed by atoms with Crippen LogP contribution in [-0.4, -0.2) is 47.8 Å². The molecule has 2 amide bonds. The lowest BCUT2D eigenvalue weighted by atomic mass is 9.83. The number of hydrogen-bond acceptors (Lipinski definition) is 2. The molecule has 0 aromatic heterocycles. The van der Waals surface area contributed by atoms with Crippen molar-refractivity contribution < 1.29 is 14.0 Å². The molecular weight excluding hydrogens is 343 g/mol. The van der Waals surface area contributed by atoms with Gasteiger partial charge in [0.25, 0.3) is 5.91 Å². The van der Waals surface area contributed by atoms with E-state index in [4.69, 9.17) is 0 Å². The zero-order valence-electron chi connectivity index (χ0n) is 16.0. The quantitative estimate of drug-likeness (QED) is 0.833. The lowest BCUT2D eigenvalue weighted by molar-refractivity contribution is -0.137. The maximum absolute atomic E-state index is 13.3. The number of benzene rings is 2. The Hall–Kier alpha value is -2.69. The Morgan fingerprint density at radius 2 is 1.52 bits per heavy atom. The molecular formula is C22H25FN2O2. The number of carbonyl (C=O) groups excluding carboxylic acids is 2. The average molecular weight is 368 g/mol. The first-order valence-electron chi connectivity index (χ1n) is 9.21. The molecule has 3 rings (SSSR count). The zero-order valence-corrected chi connectivity index (χ0v) is 16.0. The largest absolute Gasteiger partial charge is 0.338 e. The first-order chi connectivity index (χ1) is 12.8. The Labute approximate surface area is 159 Å². The summed E-state index contributed by atoms with van der Waals surface area (Å²) in [5.74, 6) is -0.386. The molecule has 0 saturated carbocycles. The second-order valence-electron chi connectivity index (χ2n) is 7.53. The summed E-state index contributed by atoms with van der Waals surface area (Å²) in [4.78, 5) is 29.3. The summed E-state index contributed by atoms with van der Waals surface area (Å²) in [6.07, 6.45) is 0. The summed E-state index contributed by atoms with van der Waals surface area (Å²) < 4.78 is 13.3. The molecule has 0 bridgehead atoms. The van der Waals surface area contributed by atoms with E-state index >= 15 is 0 Å². The van der Waals surface area contributed by atoms with Crippen LogP contribution < -0.4 is 0 Å². The van der Waals surface area contributed by atoms with Crippen LogP contribution in [-0.2, 0) is 10.2 Å². The monoisotopic (exact) mass is 368 g/mol. The number of piperazine rings is 1. The van der Waals surface area contributed by atoms with Gasteiger partial charge in [0.1, 0.15) is 5.82 Å². The molecule has 142 valence electrons. The minimum atomic E-state index is -0.610. The Morgan fingerprint density at radius 1 is 0.926 bits per heavy atom. The van der Waals surface area contributed by atoms with Crippen molar-refractivity contribution in [3.05, 3.63) is 71.0 Å². The van der Waals surface area contributed by atoms with E-state index in [2.05, 4.69) is 0 Å². The van der Waals surface area contributed by atoms with E-state index in [1.54, 1.807) is 11.8 Å². The summed E-state index contributed by atoms with van der Waals surface area (Å²) in [7, 11) is 0. The molecule has 0 unspecified atom stereocenters. The van der Waals surface area contributed by atoms with Crippen molar-refractivity contribution in [2.75, 3.05) is 26.2 Å². The van der Waals surface area contributed by atoms with Gasteiger partial charge in [-0.25, -0.2) is 4.39 Å². The molecule has 1 aliphatic rings.